The maximum absolute atomic E-state index is 12.6. The predicted molar refractivity (Wildman–Crippen MR) is 56.6 cm³/mol. The number of aromatic nitrogens is 2. The van der Waals surface area contributed by atoms with Crippen molar-refractivity contribution in [2.75, 3.05) is 31.7 Å². The Bertz CT molecular complexity index is 414. The van der Waals surface area contributed by atoms with Gasteiger partial charge in [0.2, 0.25) is 5.88 Å². The molecular formula is C10H12F3N3O2. The number of hydrogen-bond donors (Lipinski definition) is 0. The second-order valence-electron chi connectivity index (χ2n) is 3.77. The van der Waals surface area contributed by atoms with Crippen LogP contribution in [0.1, 0.15) is 0 Å². The molecule has 1 aliphatic heterocycles. The van der Waals surface area contributed by atoms with Gasteiger partial charge in [-0.15, -0.1) is 0 Å². The van der Waals surface area contributed by atoms with Gasteiger partial charge in [0.1, 0.15) is 12.1 Å². The Kier molecular flexibility index (Phi) is 3.55. The second kappa shape index (κ2) is 4.97. The summed E-state index contributed by atoms with van der Waals surface area (Å²) in [6, 6.07) is 1.50. The molecule has 1 saturated heterocycles. The van der Waals surface area contributed by atoms with Crippen LogP contribution in [0.3, 0.4) is 0 Å². The molecule has 0 spiro atoms. The third kappa shape index (κ3) is 2.81. The van der Waals surface area contributed by atoms with Crippen molar-refractivity contribution in [3.63, 3.8) is 0 Å². The third-order valence-corrected chi connectivity index (χ3v) is 2.59. The molecule has 2 rings (SSSR count). The van der Waals surface area contributed by atoms with Gasteiger partial charge in [0, 0.05) is 12.6 Å². The molecule has 0 saturated carbocycles. The molecule has 1 aromatic rings. The minimum Gasteiger partial charge on any atom is -0.481 e. The lowest BCUT2D eigenvalue weighted by Crippen LogP contribution is -2.49. The van der Waals surface area contributed by atoms with Crippen LogP contribution in [0.25, 0.3) is 0 Å². The van der Waals surface area contributed by atoms with Crippen LogP contribution in [-0.4, -0.2) is 49.1 Å². The molecule has 0 amide bonds. The van der Waals surface area contributed by atoms with Crippen molar-refractivity contribution in [1.82, 2.24) is 9.97 Å². The van der Waals surface area contributed by atoms with Crippen LogP contribution in [0.5, 0.6) is 5.88 Å². The Hall–Kier alpha value is -1.57. The summed E-state index contributed by atoms with van der Waals surface area (Å²) in [6.45, 7) is 0.0902. The molecule has 1 atom stereocenters. The van der Waals surface area contributed by atoms with Gasteiger partial charge in [0.15, 0.2) is 6.10 Å². The first-order valence-electron chi connectivity index (χ1n) is 5.30. The number of alkyl halides is 3. The third-order valence-electron chi connectivity index (χ3n) is 2.59. The molecule has 2 heterocycles. The number of morpholine rings is 1. The fourth-order valence-electron chi connectivity index (χ4n) is 1.67. The zero-order valence-electron chi connectivity index (χ0n) is 9.65. The van der Waals surface area contributed by atoms with E-state index in [2.05, 4.69) is 9.97 Å². The van der Waals surface area contributed by atoms with Crippen LogP contribution in [0.4, 0.5) is 19.0 Å². The highest BCUT2D eigenvalue weighted by Gasteiger charge is 2.43. The van der Waals surface area contributed by atoms with Gasteiger partial charge in [0.25, 0.3) is 0 Å². The quantitative estimate of drug-likeness (QED) is 0.803. The first kappa shape index (κ1) is 12.9. The smallest absolute Gasteiger partial charge is 0.416 e. The Balaban J connectivity index is 2.13. The fourth-order valence-corrected chi connectivity index (χ4v) is 1.67. The average molecular weight is 263 g/mol. The summed E-state index contributed by atoms with van der Waals surface area (Å²) in [5.41, 5.74) is 0. The molecule has 0 aliphatic carbocycles. The number of halogens is 3. The van der Waals surface area contributed by atoms with Crippen molar-refractivity contribution in [3.05, 3.63) is 12.4 Å². The van der Waals surface area contributed by atoms with Gasteiger partial charge in [0.05, 0.1) is 20.3 Å². The molecular weight excluding hydrogens is 251 g/mol. The molecule has 1 fully saturated rings. The van der Waals surface area contributed by atoms with E-state index in [-0.39, 0.29) is 13.2 Å². The summed E-state index contributed by atoms with van der Waals surface area (Å²) in [7, 11) is 1.43. The second-order valence-corrected chi connectivity index (χ2v) is 3.77. The van der Waals surface area contributed by atoms with Gasteiger partial charge < -0.3 is 14.4 Å². The van der Waals surface area contributed by atoms with Crippen LogP contribution in [-0.2, 0) is 4.74 Å². The predicted octanol–water partition coefficient (Wildman–Crippen LogP) is 1.25. The molecule has 5 nitrogen and oxygen atoms in total. The minimum absolute atomic E-state index is 0.0104. The first-order valence-corrected chi connectivity index (χ1v) is 5.30. The van der Waals surface area contributed by atoms with Gasteiger partial charge in [-0.3, -0.25) is 0 Å². The van der Waals surface area contributed by atoms with Crippen molar-refractivity contribution in [2.45, 2.75) is 12.3 Å². The van der Waals surface area contributed by atoms with E-state index in [0.717, 1.165) is 0 Å². The Morgan fingerprint density at radius 2 is 2.22 bits per heavy atom. The standard InChI is InChI=1S/C10H12F3N3O2/c1-17-9-4-8(14-6-15-9)16-2-3-18-7(5-16)10(11,12)13/h4,6-7H,2-3,5H2,1H3. The van der Waals surface area contributed by atoms with Gasteiger partial charge >= 0.3 is 6.18 Å². The highest BCUT2D eigenvalue weighted by atomic mass is 19.4. The summed E-state index contributed by atoms with van der Waals surface area (Å²) >= 11 is 0. The SMILES string of the molecule is COc1cc(N2CCOC(C(F)(F)F)C2)ncn1. The van der Waals surface area contributed by atoms with Crippen molar-refractivity contribution >= 4 is 5.82 Å². The molecule has 0 radical (unpaired) electrons. The lowest BCUT2D eigenvalue weighted by molar-refractivity contribution is -0.221. The molecule has 1 aromatic heterocycles. The molecule has 8 heteroatoms. The van der Waals surface area contributed by atoms with E-state index < -0.39 is 12.3 Å². The number of ether oxygens (including phenoxy) is 2. The monoisotopic (exact) mass is 263 g/mol. The highest BCUT2D eigenvalue weighted by Crippen LogP contribution is 2.27. The van der Waals surface area contributed by atoms with Crippen molar-refractivity contribution in [3.8, 4) is 5.88 Å². The van der Waals surface area contributed by atoms with E-state index >= 15 is 0 Å². The maximum atomic E-state index is 12.6. The van der Waals surface area contributed by atoms with E-state index in [1.807, 2.05) is 0 Å². The largest absolute Gasteiger partial charge is 0.481 e. The summed E-state index contributed by atoms with van der Waals surface area (Å²) in [5.74, 6) is 0.717. The van der Waals surface area contributed by atoms with Gasteiger partial charge in [-0.2, -0.15) is 13.2 Å². The molecule has 0 N–H and O–H groups in total. The van der Waals surface area contributed by atoms with Gasteiger partial charge in [-0.05, 0) is 0 Å². The summed E-state index contributed by atoms with van der Waals surface area (Å²) in [5, 5.41) is 0. The molecule has 1 aliphatic rings. The van der Waals surface area contributed by atoms with Crippen molar-refractivity contribution < 1.29 is 22.6 Å². The van der Waals surface area contributed by atoms with Crippen LogP contribution in [0.15, 0.2) is 12.4 Å². The summed E-state index contributed by atoms with van der Waals surface area (Å²) in [6.07, 6.45) is -4.89. The van der Waals surface area contributed by atoms with Crippen LogP contribution >= 0.6 is 0 Å². The summed E-state index contributed by atoms with van der Waals surface area (Å²) < 4.78 is 47.3. The Morgan fingerprint density at radius 1 is 1.44 bits per heavy atom. The number of rotatable bonds is 2. The van der Waals surface area contributed by atoms with Gasteiger partial charge in [-0.25, -0.2) is 9.97 Å². The van der Waals surface area contributed by atoms with E-state index in [4.69, 9.17) is 9.47 Å². The summed E-state index contributed by atoms with van der Waals surface area (Å²) in [4.78, 5) is 9.25. The topological polar surface area (TPSA) is 47.5 Å². The van der Waals surface area contributed by atoms with Crippen molar-refractivity contribution in [1.29, 1.82) is 0 Å². The zero-order chi connectivity index (χ0) is 13.2. The maximum Gasteiger partial charge on any atom is 0.416 e. The first-order chi connectivity index (χ1) is 8.50. The average Bonchev–Trinajstić information content (AvgIpc) is 2.38. The van der Waals surface area contributed by atoms with Crippen molar-refractivity contribution in [2.24, 2.45) is 0 Å². The van der Waals surface area contributed by atoms with E-state index in [1.165, 1.54) is 24.4 Å². The molecule has 100 valence electrons. The molecule has 0 bridgehead atoms. The Labute approximate surface area is 102 Å². The molecule has 0 aromatic carbocycles. The fraction of sp³-hybridized carbons (Fsp3) is 0.600. The van der Waals surface area contributed by atoms with Crippen LogP contribution in [0, 0.1) is 0 Å². The molecule has 1 unspecified atom stereocenters. The van der Waals surface area contributed by atoms with Crippen LogP contribution < -0.4 is 9.64 Å². The Morgan fingerprint density at radius 3 is 2.89 bits per heavy atom. The normalized spacial score (nSPS) is 20.9. The van der Waals surface area contributed by atoms with Crippen LogP contribution in [0.2, 0.25) is 0 Å². The van der Waals surface area contributed by atoms with E-state index in [0.29, 0.717) is 18.2 Å². The minimum atomic E-state index is -4.37. The van der Waals surface area contributed by atoms with E-state index in [9.17, 15) is 13.2 Å². The lowest BCUT2D eigenvalue weighted by atomic mass is 10.2. The zero-order valence-corrected chi connectivity index (χ0v) is 9.65. The lowest BCUT2D eigenvalue weighted by Gasteiger charge is -2.34. The highest BCUT2D eigenvalue weighted by molar-refractivity contribution is 5.41. The number of hydrogen-bond acceptors (Lipinski definition) is 5. The number of nitrogens with zero attached hydrogens (tertiary/aromatic N) is 3. The number of anilines is 1. The van der Waals surface area contributed by atoms with E-state index in [1.54, 1.807) is 0 Å². The number of methoxy groups -OCH3 is 1. The van der Waals surface area contributed by atoms with Gasteiger partial charge in [-0.1, -0.05) is 0 Å². The molecule has 18 heavy (non-hydrogen) atoms.